The zero-order valence-corrected chi connectivity index (χ0v) is 10.1. The standard InChI is InChI=1S/C13H20N2O/c1-10-3-4-12(9-11(10)2)15-7-5-13(16-14)6-8-15/h3-4,9,13H,5-8,14H2,1-2H3. The number of nitrogens with zero attached hydrogens (tertiary/aromatic N) is 1. The zero-order valence-electron chi connectivity index (χ0n) is 10.1. The van der Waals surface area contributed by atoms with Crippen LogP contribution in [-0.4, -0.2) is 19.2 Å². The molecule has 1 fully saturated rings. The molecule has 16 heavy (non-hydrogen) atoms. The molecule has 0 radical (unpaired) electrons. The van der Waals surface area contributed by atoms with Gasteiger partial charge in [-0.3, -0.25) is 0 Å². The maximum atomic E-state index is 5.21. The second-order valence-corrected chi connectivity index (χ2v) is 4.59. The molecule has 1 saturated heterocycles. The molecule has 0 saturated carbocycles. The topological polar surface area (TPSA) is 38.5 Å². The van der Waals surface area contributed by atoms with Crippen molar-refractivity contribution in [3.05, 3.63) is 29.3 Å². The summed E-state index contributed by atoms with van der Waals surface area (Å²) in [6.45, 7) is 6.37. The third kappa shape index (κ3) is 2.36. The summed E-state index contributed by atoms with van der Waals surface area (Å²) in [7, 11) is 0. The number of hydrogen-bond acceptors (Lipinski definition) is 3. The van der Waals surface area contributed by atoms with Gasteiger partial charge in [-0.2, -0.15) is 0 Å². The summed E-state index contributed by atoms with van der Waals surface area (Å²) >= 11 is 0. The minimum atomic E-state index is 0.239. The summed E-state index contributed by atoms with van der Waals surface area (Å²) in [5.74, 6) is 5.21. The number of rotatable bonds is 2. The van der Waals surface area contributed by atoms with Gasteiger partial charge in [-0.25, -0.2) is 5.90 Å². The molecular formula is C13H20N2O. The highest BCUT2D eigenvalue weighted by Gasteiger charge is 2.19. The number of aryl methyl sites for hydroxylation is 2. The van der Waals surface area contributed by atoms with Crippen LogP contribution < -0.4 is 10.8 Å². The maximum absolute atomic E-state index is 5.21. The molecule has 1 aromatic rings. The third-order valence-electron chi connectivity index (χ3n) is 3.49. The summed E-state index contributed by atoms with van der Waals surface area (Å²) in [6.07, 6.45) is 2.27. The largest absolute Gasteiger partial charge is 0.371 e. The predicted molar refractivity (Wildman–Crippen MR) is 66.4 cm³/mol. The first kappa shape index (κ1) is 11.4. The number of hydrogen-bond donors (Lipinski definition) is 1. The Balaban J connectivity index is 2.05. The van der Waals surface area contributed by atoms with E-state index in [1.54, 1.807) is 0 Å². The van der Waals surface area contributed by atoms with Crippen molar-refractivity contribution >= 4 is 5.69 Å². The van der Waals surface area contributed by atoms with Gasteiger partial charge in [0, 0.05) is 18.8 Å². The number of nitrogens with two attached hydrogens (primary N) is 1. The van der Waals surface area contributed by atoms with E-state index >= 15 is 0 Å². The van der Waals surface area contributed by atoms with E-state index in [0.717, 1.165) is 25.9 Å². The van der Waals surface area contributed by atoms with Crippen LogP contribution in [0.1, 0.15) is 24.0 Å². The highest BCUT2D eigenvalue weighted by molar-refractivity contribution is 5.50. The van der Waals surface area contributed by atoms with Crippen LogP contribution >= 0.6 is 0 Å². The van der Waals surface area contributed by atoms with Crippen LogP contribution in [0.3, 0.4) is 0 Å². The van der Waals surface area contributed by atoms with E-state index in [9.17, 15) is 0 Å². The Morgan fingerprint density at radius 2 is 1.88 bits per heavy atom. The SMILES string of the molecule is Cc1ccc(N2CCC(ON)CC2)cc1C. The second kappa shape index (κ2) is 4.85. The summed E-state index contributed by atoms with van der Waals surface area (Å²) in [6, 6.07) is 6.65. The van der Waals surface area contributed by atoms with Gasteiger partial charge < -0.3 is 9.74 Å². The maximum Gasteiger partial charge on any atom is 0.0821 e. The van der Waals surface area contributed by atoms with Crippen LogP contribution in [0.2, 0.25) is 0 Å². The summed E-state index contributed by atoms with van der Waals surface area (Å²) in [5.41, 5.74) is 4.03. The monoisotopic (exact) mass is 220 g/mol. The van der Waals surface area contributed by atoms with E-state index in [2.05, 4.69) is 36.9 Å². The molecule has 0 bridgehead atoms. The van der Waals surface area contributed by atoms with E-state index < -0.39 is 0 Å². The van der Waals surface area contributed by atoms with Crippen LogP contribution in [0.15, 0.2) is 18.2 Å². The van der Waals surface area contributed by atoms with Gasteiger partial charge in [0.15, 0.2) is 0 Å². The van der Waals surface area contributed by atoms with Gasteiger partial charge >= 0.3 is 0 Å². The number of anilines is 1. The van der Waals surface area contributed by atoms with Gasteiger partial charge in [0.05, 0.1) is 6.10 Å². The molecule has 0 spiro atoms. The summed E-state index contributed by atoms with van der Waals surface area (Å²) < 4.78 is 0. The molecular weight excluding hydrogens is 200 g/mol. The lowest BCUT2D eigenvalue weighted by atomic mass is 10.0. The van der Waals surface area contributed by atoms with E-state index in [-0.39, 0.29) is 6.10 Å². The minimum Gasteiger partial charge on any atom is -0.371 e. The summed E-state index contributed by atoms with van der Waals surface area (Å²) in [5, 5.41) is 0. The Labute approximate surface area is 97.1 Å². The van der Waals surface area contributed by atoms with Crippen molar-refractivity contribution in [2.24, 2.45) is 5.90 Å². The van der Waals surface area contributed by atoms with Crippen molar-refractivity contribution in [3.63, 3.8) is 0 Å². The van der Waals surface area contributed by atoms with E-state index in [0.29, 0.717) is 0 Å². The molecule has 88 valence electrons. The molecule has 1 aliphatic rings. The number of piperidine rings is 1. The van der Waals surface area contributed by atoms with E-state index in [1.165, 1.54) is 16.8 Å². The van der Waals surface area contributed by atoms with Crippen LogP contribution in [0.5, 0.6) is 0 Å². The van der Waals surface area contributed by atoms with Crippen molar-refractivity contribution in [3.8, 4) is 0 Å². The smallest absolute Gasteiger partial charge is 0.0821 e. The Kier molecular flexibility index (Phi) is 3.46. The van der Waals surface area contributed by atoms with Crippen molar-refractivity contribution in [2.45, 2.75) is 32.8 Å². The average molecular weight is 220 g/mol. The lowest BCUT2D eigenvalue weighted by Gasteiger charge is -2.32. The molecule has 0 aromatic heterocycles. The third-order valence-corrected chi connectivity index (χ3v) is 3.49. The van der Waals surface area contributed by atoms with Gasteiger partial charge in [-0.1, -0.05) is 6.07 Å². The Bertz CT molecular complexity index is 357. The van der Waals surface area contributed by atoms with Gasteiger partial charge in [-0.05, 0) is 49.9 Å². The molecule has 1 aliphatic heterocycles. The lowest BCUT2D eigenvalue weighted by molar-refractivity contribution is 0.0367. The molecule has 0 atom stereocenters. The van der Waals surface area contributed by atoms with Gasteiger partial charge in [-0.15, -0.1) is 0 Å². The molecule has 2 N–H and O–H groups in total. The fraction of sp³-hybridized carbons (Fsp3) is 0.538. The van der Waals surface area contributed by atoms with E-state index in [1.807, 2.05) is 0 Å². The van der Waals surface area contributed by atoms with E-state index in [4.69, 9.17) is 10.7 Å². The van der Waals surface area contributed by atoms with Crippen LogP contribution in [0.25, 0.3) is 0 Å². The van der Waals surface area contributed by atoms with Crippen LogP contribution in [0.4, 0.5) is 5.69 Å². The molecule has 1 heterocycles. The molecule has 2 rings (SSSR count). The highest BCUT2D eigenvalue weighted by Crippen LogP contribution is 2.23. The van der Waals surface area contributed by atoms with Crippen molar-refractivity contribution in [1.82, 2.24) is 0 Å². The van der Waals surface area contributed by atoms with Gasteiger partial charge in [0.2, 0.25) is 0 Å². The molecule has 0 amide bonds. The quantitative estimate of drug-likeness (QED) is 0.776. The fourth-order valence-corrected chi connectivity index (χ4v) is 2.17. The first-order valence-corrected chi connectivity index (χ1v) is 5.88. The fourth-order valence-electron chi connectivity index (χ4n) is 2.17. The van der Waals surface area contributed by atoms with Crippen molar-refractivity contribution in [2.75, 3.05) is 18.0 Å². The predicted octanol–water partition coefficient (Wildman–Crippen LogP) is 2.16. The normalized spacial score (nSPS) is 17.8. The van der Waals surface area contributed by atoms with Crippen molar-refractivity contribution < 1.29 is 4.84 Å². The summed E-state index contributed by atoms with van der Waals surface area (Å²) in [4.78, 5) is 7.30. The van der Waals surface area contributed by atoms with Crippen LogP contribution in [0, 0.1) is 13.8 Å². The lowest BCUT2D eigenvalue weighted by Crippen LogP contribution is -2.38. The second-order valence-electron chi connectivity index (χ2n) is 4.59. The van der Waals surface area contributed by atoms with Gasteiger partial charge in [0.25, 0.3) is 0 Å². The molecule has 1 aromatic carbocycles. The minimum absolute atomic E-state index is 0.239. The first-order valence-electron chi connectivity index (χ1n) is 5.88. The molecule has 3 nitrogen and oxygen atoms in total. The average Bonchev–Trinajstić information content (AvgIpc) is 2.33. The zero-order chi connectivity index (χ0) is 11.5. The Morgan fingerprint density at radius 3 is 2.44 bits per heavy atom. The Morgan fingerprint density at radius 1 is 1.19 bits per heavy atom. The highest BCUT2D eigenvalue weighted by atomic mass is 16.6. The van der Waals surface area contributed by atoms with Crippen molar-refractivity contribution in [1.29, 1.82) is 0 Å². The number of benzene rings is 1. The molecule has 3 heteroatoms. The molecule has 0 unspecified atom stereocenters. The van der Waals surface area contributed by atoms with Gasteiger partial charge in [0.1, 0.15) is 0 Å². The molecule has 0 aliphatic carbocycles. The first-order chi connectivity index (χ1) is 7.70. The van der Waals surface area contributed by atoms with Crippen LogP contribution in [-0.2, 0) is 4.84 Å². The Hall–Kier alpha value is -1.06.